The number of aryl methyl sites for hydroxylation is 2. The van der Waals surface area contributed by atoms with Gasteiger partial charge in [0.05, 0.1) is 12.2 Å². The smallest absolute Gasteiger partial charge is 0.475 e. The molecule has 9 nitrogen and oxygen atoms in total. The zero-order valence-electron chi connectivity index (χ0n) is 14.9. The van der Waals surface area contributed by atoms with E-state index in [0.29, 0.717) is 34.0 Å². The predicted molar refractivity (Wildman–Crippen MR) is 89.0 cm³/mol. The molecule has 0 saturated heterocycles. The van der Waals surface area contributed by atoms with E-state index in [9.17, 15) is 18.0 Å². The van der Waals surface area contributed by atoms with Gasteiger partial charge in [0.15, 0.2) is 11.0 Å². The number of carbonyl (C=O) groups is 2. The maximum atomic E-state index is 12.6. The Morgan fingerprint density at radius 3 is 2.19 bits per heavy atom. The van der Waals surface area contributed by atoms with Crippen LogP contribution in [-0.2, 0) is 11.3 Å². The fourth-order valence-electron chi connectivity index (χ4n) is 1.79. The normalized spacial score (nSPS) is 11.1. The summed E-state index contributed by atoms with van der Waals surface area (Å²) in [6.07, 6.45) is -5.08. The van der Waals surface area contributed by atoms with Crippen molar-refractivity contribution in [2.75, 3.05) is 5.73 Å². The fourth-order valence-corrected chi connectivity index (χ4v) is 2.58. The van der Waals surface area contributed by atoms with E-state index in [-0.39, 0.29) is 11.9 Å². The summed E-state index contributed by atoms with van der Waals surface area (Å²) in [7, 11) is 0. The minimum Gasteiger partial charge on any atom is -0.475 e. The van der Waals surface area contributed by atoms with Gasteiger partial charge in [-0.05, 0) is 20.8 Å². The predicted octanol–water partition coefficient (Wildman–Crippen LogP) is 2.41. The molecule has 2 heterocycles. The van der Waals surface area contributed by atoms with Crippen LogP contribution < -0.4 is 5.73 Å². The first-order chi connectivity index (χ1) is 12.3. The molecule has 2 aromatic heterocycles. The van der Waals surface area contributed by atoms with Gasteiger partial charge in [0.1, 0.15) is 4.88 Å². The highest BCUT2D eigenvalue weighted by atomic mass is 32.1. The van der Waals surface area contributed by atoms with Crippen LogP contribution in [0.1, 0.15) is 40.9 Å². The van der Waals surface area contributed by atoms with Crippen molar-refractivity contribution in [2.45, 2.75) is 46.5 Å². The van der Waals surface area contributed by atoms with Crippen LogP contribution in [0.2, 0.25) is 0 Å². The third-order valence-corrected chi connectivity index (χ3v) is 3.99. The average Bonchev–Trinajstić information content (AvgIpc) is 3.08. The largest absolute Gasteiger partial charge is 0.490 e. The minimum atomic E-state index is -5.08. The van der Waals surface area contributed by atoms with E-state index >= 15 is 0 Å². The summed E-state index contributed by atoms with van der Waals surface area (Å²) in [4.78, 5) is 31.9. The first-order valence-corrected chi connectivity index (χ1v) is 8.27. The van der Waals surface area contributed by atoms with Crippen LogP contribution in [0.15, 0.2) is 4.52 Å². The van der Waals surface area contributed by atoms with Crippen LogP contribution >= 0.6 is 11.3 Å². The number of amides is 1. The van der Waals surface area contributed by atoms with Gasteiger partial charge in [-0.25, -0.2) is 9.78 Å². The molecule has 0 spiro atoms. The van der Waals surface area contributed by atoms with Crippen molar-refractivity contribution in [1.29, 1.82) is 0 Å². The molecule has 150 valence electrons. The molecule has 0 aliphatic heterocycles. The molecule has 0 aromatic carbocycles. The Labute approximate surface area is 156 Å². The van der Waals surface area contributed by atoms with E-state index in [4.69, 9.17) is 20.2 Å². The molecular weight excluding hydrogens is 391 g/mol. The first-order valence-electron chi connectivity index (χ1n) is 7.46. The Hall–Kier alpha value is -2.70. The summed E-state index contributed by atoms with van der Waals surface area (Å²) >= 11 is 1.20. The highest BCUT2D eigenvalue weighted by Gasteiger charge is 2.38. The topological polar surface area (TPSA) is 135 Å². The van der Waals surface area contributed by atoms with Crippen LogP contribution in [0, 0.1) is 13.8 Å². The number of hydrogen-bond donors (Lipinski definition) is 2. The van der Waals surface area contributed by atoms with Crippen molar-refractivity contribution in [2.24, 2.45) is 0 Å². The number of carbonyl (C=O) groups excluding carboxylic acids is 1. The number of nitrogens with two attached hydrogens (primary N) is 1. The lowest BCUT2D eigenvalue weighted by Gasteiger charge is -2.24. The lowest BCUT2D eigenvalue weighted by molar-refractivity contribution is -0.192. The molecule has 0 fully saturated rings. The monoisotopic (exact) mass is 409 g/mol. The van der Waals surface area contributed by atoms with Gasteiger partial charge in [0.2, 0.25) is 5.89 Å². The summed E-state index contributed by atoms with van der Waals surface area (Å²) in [5, 5.41) is 11.3. The highest BCUT2D eigenvalue weighted by molar-refractivity contribution is 7.17. The zero-order chi connectivity index (χ0) is 20.9. The van der Waals surface area contributed by atoms with Crippen molar-refractivity contribution in [1.82, 2.24) is 20.0 Å². The fraction of sp³-hybridized carbons (Fsp3) is 0.500. The van der Waals surface area contributed by atoms with Gasteiger partial charge in [-0.2, -0.15) is 18.2 Å². The van der Waals surface area contributed by atoms with Gasteiger partial charge in [-0.1, -0.05) is 16.5 Å². The number of aliphatic carboxylic acids is 1. The average molecular weight is 409 g/mol. The van der Waals surface area contributed by atoms with Crippen LogP contribution in [0.3, 0.4) is 0 Å². The lowest BCUT2D eigenvalue weighted by Crippen LogP contribution is -2.36. The first kappa shape index (κ1) is 22.3. The molecule has 0 aliphatic carbocycles. The number of alkyl halides is 3. The summed E-state index contributed by atoms with van der Waals surface area (Å²) in [6, 6.07) is 0.00373. The standard InChI is InChI=1S/C12H17N5O2S.C2HF3O2/c1-6(2)17(5-9-15-8(4)19-16-9)11(18)10-7(3)14-12(13)20-10;3-2(4,5)1(6)7/h6H,5H2,1-4H3,(H2,13,14);(H,6,7). The van der Waals surface area contributed by atoms with E-state index in [0.717, 1.165) is 0 Å². The summed E-state index contributed by atoms with van der Waals surface area (Å²) < 4.78 is 36.7. The number of rotatable bonds is 4. The second-order valence-electron chi connectivity index (χ2n) is 5.53. The van der Waals surface area contributed by atoms with Gasteiger partial charge in [0, 0.05) is 13.0 Å². The number of thiazole rings is 1. The summed E-state index contributed by atoms with van der Waals surface area (Å²) in [5.41, 5.74) is 6.29. The van der Waals surface area contributed by atoms with Gasteiger partial charge in [0.25, 0.3) is 5.91 Å². The molecule has 3 N–H and O–H groups in total. The SMILES string of the molecule is Cc1nc(CN(C(=O)c2sc(N)nc2C)C(C)C)no1.O=C(O)C(F)(F)F. The van der Waals surface area contributed by atoms with E-state index in [1.54, 1.807) is 18.7 Å². The van der Waals surface area contributed by atoms with Gasteiger partial charge >= 0.3 is 12.1 Å². The number of nitrogens with zero attached hydrogens (tertiary/aromatic N) is 4. The molecule has 2 rings (SSSR count). The lowest BCUT2D eigenvalue weighted by atomic mass is 10.2. The summed E-state index contributed by atoms with van der Waals surface area (Å²) in [5.74, 6) is -1.91. The van der Waals surface area contributed by atoms with Crippen molar-refractivity contribution in [3.63, 3.8) is 0 Å². The van der Waals surface area contributed by atoms with E-state index in [2.05, 4.69) is 15.1 Å². The van der Waals surface area contributed by atoms with Crippen molar-refractivity contribution < 1.29 is 32.4 Å². The molecule has 0 bridgehead atoms. The maximum Gasteiger partial charge on any atom is 0.490 e. The third kappa shape index (κ3) is 6.51. The number of carboxylic acid groups (broad SMARTS) is 1. The zero-order valence-corrected chi connectivity index (χ0v) is 15.7. The molecule has 1 amide bonds. The van der Waals surface area contributed by atoms with E-state index in [1.807, 2.05) is 13.8 Å². The van der Waals surface area contributed by atoms with Crippen molar-refractivity contribution in [3.05, 3.63) is 22.3 Å². The maximum absolute atomic E-state index is 12.6. The molecule has 0 radical (unpaired) electrons. The molecule has 0 aliphatic rings. The Morgan fingerprint density at radius 1 is 1.30 bits per heavy atom. The quantitative estimate of drug-likeness (QED) is 0.786. The minimum absolute atomic E-state index is 0.00373. The number of anilines is 1. The second kappa shape index (κ2) is 8.79. The molecule has 0 atom stereocenters. The van der Waals surface area contributed by atoms with Crippen molar-refractivity contribution in [3.8, 4) is 0 Å². The number of carboxylic acids is 1. The van der Waals surface area contributed by atoms with Gasteiger partial charge in [-0.15, -0.1) is 0 Å². The van der Waals surface area contributed by atoms with Crippen LogP contribution in [0.4, 0.5) is 18.3 Å². The molecule has 2 aromatic rings. The van der Waals surface area contributed by atoms with Gasteiger partial charge in [-0.3, -0.25) is 4.79 Å². The molecule has 27 heavy (non-hydrogen) atoms. The van der Waals surface area contributed by atoms with E-state index < -0.39 is 12.1 Å². The molecule has 0 unspecified atom stereocenters. The molecular formula is C14H18F3N5O4S. The van der Waals surface area contributed by atoms with E-state index in [1.165, 1.54) is 11.3 Å². The van der Waals surface area contributed by atoms with Crippen LogP contribution in [0.25, 0.3) is 0 Å². The van der Waals surface area contributed by atoms with Crippen LogP contribution in [0.5, 0.6) is 0 Å². The summed E-state index contributed by atoms with van der Waals surface area (Å²) in [6.45, 7) is 7.66. The second-order valence-corrected chi connectivity index (χ2v) is 6.56. The number of hydrogen-bond acceptors (Lipinski definition) is 8. The molecule has 0 saturated carbocycles. The van der Waals surface area contributed by atoms with Crippen LogP contribution in [-0.4, -0.2) is 49.2 Å². The highest BCUT2D eigenvalue weighted by Crippen LogP contribution is 2.23. The Kier molecular flexibility index (Phi) is 7.28. The number of aromatic nitrogens is 3. The number of nitrogen functional groups attached to an aromatic ring is 1. The van der Waals surface area contributed by atoms with Gasteiger partial charge < -0.3 is 20.3 Å². The third-order valence-electron chi connectivity index (χ3n) is 3.02. The number of halogens is 3. The molecule has 13 heteroatoms. The Morgan fingerprint density at radius 2 is 1.85 bits per heavy atom. The Bertz CT molecular complexity index is 803. The Balaban J connectivity index is 0.000000445. The van der Waals surface area contributed by atoms with Crippen molar-refractivity contribution >= 4 is 28.3 Å².